The van der Waals surface area contributed by atoms with Crippen LogP contribution in [0.4, 0.5) is 0 Å². The number of ether oxygens (including phenoxy) is 2. The monoisotopic (exact) mass is 370 g/mol. The summed E-state index contributed by atoms with van der Waals surface area (Å²) in [6.45, 7) is 4.28. The molecule has 0 bridgehead atoms. The van der Waals surface area contributed by atoms with E-state index < -0.39 is 5.97 Å². The van der Waals surface area contributed by atoms with E-state index in [2.05, 4.69) is 12.2 Å². The fraction of sp³-hybridized carbons (Fsp3) is 0.476. The molecule has 0 heterocycles. The molecule has 1 fully saturated rings. The third kappa shape index (κ3) is 6.78. The molecule has 6 nitrogen and oxygen atoms in total. The molecule has 0 saturated heterocycles. The van der Waals surface area contributed by atoms with Crippen LogP contribution in [0.15, 0.2) is 29.8 Å². The first kappa shape index (κ1) is 20.5. The number of nitriles is 1. The molecule has 1 aromatic carbocycles. The highest BCUT2D eigenvalue weighted by Gasteiger charge is 2.20. The Balaban J connectivity index is 1.85. The second kappa shape index (κ2) is 10.4. The Kier molecular flexibility index (Phi) is 7.87. The molecule has 0 spiro atoms. The van der Waals surface area contributed by atoms with Crippen molar-refractivity contribution in [2.45, 2.75) is 45.6 Å². The number of amides is 1. The number of carbonyl (C=O) groups is 2. The van der Waals surface area contributed by atoms with Crippen molar-refractivity contribution >= 4 is 18.0 Å². The number of benzene rings is 1. The van der Waals surface area contributed by atoms with Gasteiger partial charge in [0.25, 0.3) is 5.91 Å². The fourth-order valence-corrected chi connectivity index (χ4v) is 3.01. The van der Waals surface area contributed by atoms with Crippen LogP contribution in [0.2, 0.25) is 0 Å². The first-order chi connectivity index (χ1) is 13.0. The summed E-state index contributed by atoms with van der Waals surface area (Å²) in [5, 5.41) is 12.1. The second-order valence-electron chi connectivity index (χ2n) is 6.77. The standard InChI is InChI=1S/C21H26N2O4/c1-3-26-19-10-6-16(7-11-19)12-17(13-22)21(25)27-14-20(24)23-18-8-4-15(2)5-9-18/h6-7,10-12,15,18H,3-5,8-9,14H2,1-2H3,(H,23,24)/b17-12+. The van der Waals surface area contributed by atoms with E-state index in [1.807, 2.05) is 13.0 Å². The maximum absolute atomic E-state index is 12.1. The number of nitrogens with one attached hydrogen (secondary N) is 1. The van der Waals surface area contributed by atoms with Crippen LogP contribution in [-0.2, 0) is 14.3 Å². The molecule has 27 heavy (non-hydrogen) atoms. The molecular formula is C21H26N2O4. The summed E-state index contributed by atoms with van der Waals surface area (Å²) in [5.74, 6) is 0.270. The molecule has 1 aromatic rings. The van der Waals surface area contributed by atoms with Crippen LogP contribution in [0.25, 0.3) is 6.08 Å². The van der Waals surface area contributed by atoms with Crippen LogP contribution < -0.4 is 10.1 Å². The van der Waals surface area contributed by atoms with Crippen molar-refractivity contribution in [2.75, 3.05) is 13.2 Å². The van der Waals surface area contributed by atoms with Gasteiger partial charge in [0.05, 0.1) is 6.61 Å². The van der Waals surface area contributed by atoms with E-state index in [9.17, 15) is 14.9 Å². The summed E-state index contributed by atoms with van der Waals surface area (Å²) in [5.41, 5.74) is 0.520. The third-order valence-electron chi connectivity index (χ3n) is 4.56. The molecule has 0 aliphatic heterocycles. The van der Waals surface area contributed by atoms with E-state index in [0.29, 0.717) is 23.8 Å². The maximum atomic E-state index is 12.1. The summed E-state index contributed by atoms with van der Waals surface area (Å²) in [4.78, 5) is 24.0. The van der Waals surface area contributed by atoms with E-state index in [0.717, 1.165) is 25.7 Å². The molecule has 2 rings (SSSR count). The van der Waals surface area contributed by atoms with E-state index in [-0.39, 0.29) is 24.1 Å². The van der Waals surface area contributed by atoms with Gasteiger partial charge in [0, 0.05) is 6.04 Å². The van der Waals surface area contributed by atoms with Gasteiger partial charge in [0.1, 0.15) is 17.4 Å². The molecule has 1 aliphatic rings. The van der Waals surface area contributed by atoms with Crippen LogP contribution in [0, 0.1) is 17.2 Å². The van der Waals surface area contributed by atoms with Gasteiger partial charge in [0.2, 0.25) is 0 Å². The average Bonchev–Trinajstić information content (AvgIpc) is 2.67. The molecule has 0 radical (unpaired) electrons. The Morgan fingerprint density at radius 2 is 1.89 bits per heavy atom. The van der Waals surface area contributed by atoms with Gasteiger partial charge in [-0.1, -0.05) is 19.1 Å². The highest BCUT2D eigenvalue weighted by molar-refractivity contribution is 5.98. The number of carbonyl (C=O) groups excluding carboxylic acids is 2. The van der Waals surface area contributed by atoms with Crippen LogP contribution in [0.3, 0.4) is 0 Å². The van der Waals surface area contributed by atoms with Crippen LogP contribution >= 0.6 is 0 Å². The minimum absolute atomic E-state index is 0.141. The zero-order chi connectivity index (χ0) is 19.6. The van der Waals surface area contributed by atoms with E-state index in [1.54, 1.807) is 24.3 Å². The Bertz CT molecular complexity index is 711. The summed E-state index contributed by atoms with van der Waals surface area (Å²) in [6.07, 6.45) is 5.50. The number of esters is 1. The van der Waals surface area contributed by atoms with Crippen molar-refractivity contribution in [1.82, 2.24) is 5.32 Å². The normalized spacial score (nSPS) is 19.7. The lowest BCUT2D eigenvalue weighted by Crippen LogP contribution is -2.39. The molecule has 0 atom stereocenters. The molecule has 1 saturated carbocycles. The number of hydrogen-bond acceptors (Lipinski definition) is 5. The van der Waals surface area contributed by atoms with Crippen molar-refractivity contribution in [3.8, 4) is 11.8 Å². The first-order valence-electron chi connectivity index (χ1n) is 9.33. The fourth-order valence-electron chi connectivity index (χ4n) is 3.01. The Labute approximate surface area is 160 Å². The van der Waals surface area contributed by atoms with Gasteiger partial charge < -0.3 is 14.8 Å². The largest absolute Gasteiger partial charge is 0.494 e. The molecule has 6 heteroatoms. The number of nitrogens with zero attached hydrogens (tertiary/aromatic N) is 1. The maximum Gasteiger partial charge on any atom is 0.349 e. The summed E-state index contributed by atoms with van der Waals surface area (Å²) in [6, 6.07) is 8.97. The summed E-state index contributed by atoms with van der Waals surface area (Å²) < 4.78 is 10.3. The lowest BCUT2D eigenvalue weighted by Gasteiger charge is -2.26. The van der Waals surface area contributed by atoms with Crippen LogP contribution in [-0.4, -0.2) is 31.1 Å². The van der Waals surface area contributed by atoms with Gasteiger partial charge in [-0.15, -0.1) is 0 Å². The minimum atomic E-state index is -0.807. The highest BCUT2D eigenvalue weighted by Crippen LogP contribution is 2.23. The predicted molar refractivity (Wildman–Crippen MR) is 102 cm³/mol. The van der Waals surface area contributed by atoms with Crippen molar-refractivity contribution < 1.29 is 19.1 Å². The van der Waals surface area contributed by atoms with Gasteiger partial charge in [-0.05, 0) is 62.3 Å². The molecule has 144 valence electrons. The topological polar surface area (TPSA) is 88.4 Å². The Hall–Kier alpha value is -2.81. The number of rotatable bonds is 7. The smallest absolute Gasteiger partial charge is 0.349 e. The summed E-state index contributed by atoms with van der Waals surface area (Å²) in [7, 11) is 0. The van der Waals surface area contributed by atoms with Crippen LogP contribution in [0.1, 0.15) is 45.1 Å². The highest BCUT2D eigenvalue weighted by atomic mass is 16.5. The van der Waals surface area contributed by atoms with Crippen LogP contribution in [0.5, 0.6) is 5.75 Å². The zero-order valence-electron chi connectivity index (χ0n) is 15.9. The van der Waals surface area contributed by atoms with E-state index >= 15 is 0 Å². The molecule has 1 N–H and O–H groups in total. The van der Waals surface area contributed by atoms with Crippen molar-refractivity contribution in [3.05, 3.63) is 35.4 Å². The molecule has 1 aliphatic carbocycles. The van der Waals surface area contributed by atoms with E-state index in [1.165, 1.54) is 6.08 Å². The Morgan fingerprint density at radius 3 is 2.48 bits per heavy atom. The first-order valence-corrected chi connectivity index (χ1v) is 9.33. The lowest BCUT2D eigenvalue weighted by atomic mass is 9.87. The predicted octanol–water partition coefficient (Wildman–Crippen LogP) is 3.23. The average molecular weight is 370 g/mol. The molecule has 0 unspecified atom stereocenters. The zero-order valence-corrected chi connectivity index (χ0v) is 15.9. The minimum Gasteiger partial charge on any atom is -0.494 e. The van der Waals surface area contributed by atoms with Crippen molar-refractivity contribution in [2.24, 2.45) is 5.92 Å². The van der Waals surface area contributed by atoms with Crippen molar-refractivity contribution in [3.63, 3.8) is 0 Å². The van der Waals surface area contributed by atoms with E-state index in [4.69, 9.17) is 9.47 Å². The van der Waals surface area contributed by atoms with Gasteiger partial charge in [-0.25, -0.2) is 4.79 Å². The number of hydrogen-bond donors (Lipinski definition) is 1. The third-order valence-corrected chi connectivity index (χ3v) is 4.56. The molecule has 1 amide bonds. The summed E-state index contributed by atoms with van der Waals surface area (Å²) >= 11 is 0. The SMILES string of the molecule is CCOc1ccc(/C=C(\C#N)C(=O)OCC(=O)NC2CCC(C)CC2)cc1. The van der Waals surface area contributed by atoms with Gasteiger partial charge in [-0.2, -0.15) is 5.26 Å². The molecule has 0 aromatic heterocycles. The lowest BCUT2D eigenvalue weighted by molar-refractivity contribution is -0.144. The van der Waals surface area contributed by atoms with Crippen molar-refractivity contribution in [1.29, 1.82) is 5.26 Å². The van der Waals surface area contributed by atoms with Gasteiger partial charge in [0.15, 0.2) is 6.61 Å². The second-order valence-corrected chi connectivity index (χ2v) is 6.77. The molecular weight excluding hydrogens is 344 g/mol. The van der Waals surface area contributed by atoms with Gasteiger partial charge >= 0.3 is 5.97 Å². The quantitative estimate of drug-likeness (QED) is 0.452. The van der Waals surface area contributed by atoms with Gasteiger partial charge in [-0.3, -0.25) is 4.79 Å². The Morgan fingerprint density at radius 1 is 1.22 bits per heavy atom.